The molecule has 1 heterocycles. The quantitative estimate of drug-likeness (QED) is 0.454. The van der Waals surface area contributed by atoms with Gasteiger partial charge in [0.2, 0.25) is 5.82 Å². The molecule has 0 saturated heterocycles. The number of amides is 1. The lowest BCUT2D eigenvalue weighted by Gasteiger charge is -2.11. The second-order valence-electron chi connectivity index (χ2n) is 6.72. The van der Waals surface area contributed by atoms with Crippen LogP contribution in [-0.2, 0) is 0 Å². The summed E-state index contributed by atoms with van der Waals surface area (Å²) in [5.41, 5.74) is 2.20. The molecule has 0 aliphatic rings. The lowest BCUT2D eigenvalue weighted by molar-refractivity contribution is 0.102. The second-order valence-corrected chi connectivity index (χ2v) is 6.72. The van der Waals surface area contributed by atoms with E-state index >= 15 is 0 Å². The maximum Gasteiger partial charge on any atom is 0.260 e. The van der Waals surface area contributed by atoms with Crippen molar-refractivity contribution in [3.63, 3.8) is 0 Å². The fourth-order valence-electron chi connectivity index (χ4n) is 3.18. The van der Waals surface area contributed by atoms with Crippen LogP contribution in [0.4, 0.5) is 5.69 Å². The van der Waals surface area contributed by atoms with Gasteiger partial charge >= 0.3 is 0 Å². The predicted octanol–water partition coefficient (Wildman–Crippen LogP) is 4.68. The lowest BCUT2D eigenvalue weighted by Crippen LogP contribution is -2.13. The summed E-state index contributed by atoms with van der Waals surface area (Å²) >= 11 is 0. The zero-order chi connectivity index (χ0) is 22.5. The molecule has 1 amide bonds. The Kier molecular flexibility index (Phi) is 6.03. The van der Waals surface area contributed by atoms with Crippen LogP contribution in [0.5, 0.6) is 17.2 Å². The van der Waals surface area contributed by atoms with Crippen molar-refractivity contribution >= 4 is 11.6 Å². The molecular formula is C24H21N3O5. The van der Waals surface area contributed by atoms with Gasteiger partial charge in [0.15, 0.2) is 0 Å². The van der Waals surface area contributed by atoms with Gasteiger partial charge in [0.05, 0.1) is 38.1 Å². The Balaban J connectivity index is 1.65. The number of hydrogen-bond acceptors (Lipinski definition) is 7. The number of aromatic nitrogens is 2. The van der Waals surface area contributed by atoms with Gasteiger partial charge in [-0.2, -0.15) is 4.98 Å². The van der Waals surface area contributed by atoms with Gasteiger partial charge in [-0.25, -0.2) is 0 Å². The Morgan fingerprint density at radius 3 is 2.19 bits per heavy atom. The third kappa shape index (κ3) is 4.24. The molecule has 8 heteroatoms. The first-order valence-electron chi connectivity index (χ1n) is 9.74. The van der Waals surface area contributed by atoms with Crippen LogP contribution in [0.25, 0.3) is 22.8 Å². The number of methoxy groups -OCH3 is 3. The zero-order valence-electron chi connectivity index (χ0n) is 17.8. The van der Waals surface area contributed by atoms with Gasteiger partial charge in [0.25, 0.3) is 11.8 Å². The van der Waals surface area contributed by atoms with E-state index in [9.17, 15) is 4.79 Å². The highest BCUT2D eigenvalue weighted by atomic mass is 16.5. The lowest BCUT2D eigenvalue weighted by atomic mass is 10.1. The number of para-hydroxylation sites is 2. The van der Waals surface area contributed by atoms with E-state index in [0.717, 1.165) is 0 Å². The Hall–Kier alpha value is -4.33. The van der Waals surface area contributed by atoms with Crippen LogP contribution < -0.4 is 19.5 Å². The number of rotatable bonds is 7. The van der Waals surface area contributed by atoms with Crippen LogP contribution in [0.3, 0.4) is 0 Å². The molecule has 0 atom stereocenters. The first kappa shape index (κ1) is 20.9. The third-order valence-electron chi connectivity index (χ3n) is 4.79. The summed E-state index contributed by atoms with van der Waals surface area (Å²) in [5, 5.41) is 6.98. The molecular weight excluding hydrogens is 410 g/mol. The summed E-state index contributed by atoms with van der Waals surface area (Å²) in [7, 11) is 4.64. The van der Waals surface area contributed by atoms with Gasteiger partial charge in [-0.15, -0.1) is 0 Å². The number of hydrogen-bond donors (Lipinski definition) is 1. The van der Waals surface area contributed by atoms with Crippen LogP contribution >= 0.6 is 0 Å². The average Bonchev–Trinajstić information content (AvgIpc) is 3.33. The monoisotopic (exact) mass is 431 g/mol. The topological polar surface area (TPSA) is 95.7 Å². The number of benzene rings is 3. The molecule has 0 saturated carbocycles. The fourth-order valence-corrected chi connectivity index (χ4v) is 3.18. The van der Waals surface area contributed by atoms with Gasteiger partial charge < -0.3 is 24.1 Å². The van der Waals surface area contributed by atoms with Gasteiger partial charge in [-0.1, -0.05) is 29.4 Å². The fraction of sp³-hybridized carbons (Fsp3) is 0.125. The Bertz CT molecular complexity index is 1230. The highest BCUT2D eigenvalue weighted by Gasteiger charge is 2.18. The molecule has 4 rings (SSSR count). The maximum atomic E-state index is 12.9. The van der Waals surface area contributed by atoms with Gasteiger partial charge in [0.1, 0.15) is 17.2 Å². The second kappa shape index (κ2) is 9.22. The van der Waals surface area contributed by atoms with Gasteiger partial charge in [0, 0.05) is 11.6 Å². The molecule has 0 bridgehead atoms. The van der Waals surface area contributed by atoms with Gasteiger partial charge in [-0.3, -0.25) is 4.79 Å². The standard InChI is InChI=1S/C24H21N3O5/c1-29-16-12-15(13-17(14-16)30-2)23(28)25-20-10-6-4-8-18(20)24-26-22(27-32-24)19-9-5-7-11-21(19)31-3/h4-14H,1-3H3,(H,25,28). The van der Waals surface area contributed by atoms with Crippen molar-refractivity contribution in [3.05, 3.63) is 72.3 Å². The van der Waals surface area contributed by atoms with Crippen molar-refractivity contribution in [2.24, 2.45) is 0 Å². The van der Waals surface area contributed by atoms with E-state index < -0.39 is 0 Å². The van der Waals surface area contributed by atoms with Crippen LogP contribution in [0.2, 0.25) is 0 Å². The number of ether oxygens (including phenoxy) is 3. The van der Waals surface area contributed by atoms with Crippen LogP contribution in [0.1, 0.15) is 10.4 Å². The predicted molar refractivity (Wildman–Crippen MR) is 119 cm³/mol. The molecule has 0 unspecified atom stereocenters. The van der Waals surface area contributed by atoms with Crippen molar-refractivity contribution in [1.29, 1.82) is 0 Å². The van der Waals surface area contributed by atoms with Crippen molar-refractivity contribution in [1.82, 2.24) is 10.1 Å². The summed E-state index contributed by atoms with van der Waals surface area (Å²) in [6.07, 6.45) is 0. The Morgan fingerprint density at radius 2 is 1.50 bits per heavy atom. The molecule has 0 aliphatic carbocycles. The Labute approximate surface area is 184 Å². The van der Waals surface area contributed by atoms with E-state index in [2.05, 4.69) is 15.5 Å². The summed E-state index contributed by atoms with van der Waals surface area (Å²) in [4.78, 5) is 17.4. The molecule has 1 N–H and O–H groups in total. The summed E-state index contributed by atoms with van der Waals surface area (Å²) in [5.74, 6) is 1.98. The number of carbonyl (C=O) groups excluding carboxylic acids is 1. The van der Waals surface area contributed by atoms with Crippen LogP contribution in [0.15, 0.2) is 71.3 Å². The normalized spacial score (nSPS) is 10.5. The summed E-state index contributed by atoms with van der Waals surface area (Å²) in [6, 6.07) is 19.5. The van der Waals surface area contributed by atoms with E-state index in [-0.39, 0.29) is 11.8 Å². The largest absolute Gasteiger partial charge is 0.497 e. The summed E-state index contributed by atoms with van der Waals surface area (Å²) < 4.78 is 21.4. The minimum absolute atomic E-state index is 0.269. The maximum absolute atomic E-state index is 12.9. The zero-order valence-corrected chi connectivity index (χ0v) is 17.8. The minimum Gasteiger partial charge on any atom is -0.497 e. The molecule has 3 aromatic carbocycles. The van der Waals surface area contributed by atoms with E-state index in [4.69, 9.17) is 18.7 Å². The van der Waals surface area contributed by atoms with E-state index in [1.54, 1.807) is 37.4 Å². The third-order valence-corrected chi connectivity index (χ3v) is 4.79. The summed E-state index contributed by atoms with van der Waals surface area (Å²) in [6.45, 7) is 0. The number of nitrogens with zero attached hydrogens (tertiary/aromatic N) is 2. The van der Waals surface area contributed by atoms with E-state index in [1.165, 1.54) is 14.2 Å². The first-order chi connectivity index (χ1) is 15.6. The molecule has 4 aromatic rings. The van der Waals surface area contributed by atoms with Crippen molar-refractivity contribution in [3.8, 4) is 40.1 Å². The van der Waals surface area contributed by atoms with Gasteiger partial charge in [-0.05, 0) is 36.4 Å². The van der Waals surface area contributed by atoms with Crippen molar-refractivity contribution in [2.45, 2.75) is 0 Å². The van der Waals surface area contributed by atoms with E-state index in [1.807, 2.05) is 36.4 Å². The SMILES string of the molecule is COc1cc(OC)cc(C(=O)Nc2ccccc2-c2nc(-c3ccccc3OC)no2)c1. The number of nitrogens with one attached hydrogen (secondary N) is 1. The van der Waals surface area contributed by atoms with Crippen LogP contribution in [-0.4, -0.2) is 37.4 Å². The van der Waals surface area contributed by atoms with Crippen molar-refractivity contribution < 1.29 is 23.5 Å². The van der Waals surface area contributed by atoms with Crippen LogP contribution in [0, 0.1) is 0 Å². The molecule has 32 heavy (non-hydrogen) atoms. The molecule has 0 spiro atoms. The average molecular weight is 431 g/mol. The number of carbonyl (C=O) groups is 1. The minimum atomic E-state index is -0.334. The molecule has 0 fully saturated rings. The molecule has 1 aromatic heterocycles. The highest BCUT2D eigenvalue weighted by molar-refractivity contribution is 6.06. The molecule has 0 radical (unpaired) electrons. The smallest absolute Gasteiger partial charge is 0.260 e. The molecule has 8 nitrogen and oxygen atoms in total. The molecule has 162 valence electrons. The Morgan fingerprint density at radius 1 is 0.844 bits per heavy atom. The van der Waals surface area contributed by atoms with Crippen molar-refractivity contribution in [2.75, 3.05) is 26.6 Å². The van der Waals surface area contributed by atoms with E-state index in [0.29, 0.717) is 45.5 Å². The highest BCUT2D eigenvalue weighted by Crippen LogP contribution is 2.32. The first-order valence-corrected chi connectivity index (χ1v) is 9.74. The number of anilines is 1. The molecule has 0 aliphatic heterocycles.